The average molecular weight is 434 g/mol. The lowest BCUT2D eigenvalue weighted by Gasteiger charge is -2.25. The number of rotatable bonds is 0. The van der Waals surface area contributed by atoms with Crippen molar-refractivity contribution in [2.45, 2.75) is 6.42 Å². The van der Waals surface area contributed by atoms with Crippen LogP contribution in [0.5, 0.6) is 11.5 Å². The maximum Gasteiger partial charge on any atom is 0.384 e. The average Bonchev–Trinajstić information content (AvgIpc) is 2.36. The van der Waals surface area contributed by atoms with Crippen molar-refractivity contribution in [1.82, 2.24) is 0 Å². The third-order valence-corrected chi connectivity index (χ3v) is 5.61. The van der Waals surface area contributed by atoms with Crippen LogP contribution in [0.4, 0.5) is 0 Å². The molecule has 1 heterocycles. The third kappa shape index (κ3) is 3.47. The summed E-state index contributed by atoms with van der Waals surface area (Å²) < 4.78 is 11.3. The first-order valence-corrected chi connectivity index (χ1v) is 11.0. The van der Waals surface area contributed by atoms with Crippen LogP contribution < -0.4 is 9.05 Å². The molecule has 2 nitrogen and oxygen atoms in total. The maximum atomic E-state index is 6.23. The highest BCUT2D eigenvalue weighted by Gasteiger charge is 2.29. The monoisotopic (exact) mass is 432 g/mol. The van der Waals surface area contributed by atoms with Crippen molar-refractivity contribution in [3.8, 4) is 11.5 Å². The Morgan fingerprint density at radius 3 is 1.64 bits per heavy atom. The minimum Gasteiger partial charge on any atom is -0.423 e. The quantitative estimate of drug-likeness (QED) is 0.411. The lowest BCUT2D eigenvalue weighted by molar-refractivity contribution is 0.492. The summed E-state index contributed by atoms with van der Waals surface area (Å²) >= 11 is 36.0. The molecule has 0 amide bonds. The lowest BCUT2D eigenvalue weighted by atomic mass is 10.0. The molecule has 0 bridgehead atoms. The Balaban J connectivity index is 2.26. The van der Waals surface area contributed by atoms with Crippen LogP contribution in [0, 0.1) is 0 Å². The largest absolute Gasteiger partial charge is 0.423 e. The van der Waals surface area contributed by atoms with E-state index in [-0.39, 0.29) is 0 Å². The van der Waals surface area contributed by atoms with Crippen LogP contribution in [0.1, 0.15) is 11.1 Å². The summed E-state index contributed by atoms with van der Waals surface area (Å²) in [6.45, 7) is 0. The fourth-order valence-electron chi connectivity index (χ4n) is 2.14. The van der Waals surface area contributed by atoms with Gasteiger partial charge in [0.1, 0.15) is 0 Å². The van der Waals surface area contributed by atoms with Crippen LogP contribution in [-0.4, -0.2) is 0 Å². The molecular weight excluding hydrogens is 428 g/mol. The van der Waals surface area contributed by atoms with E-state index >= 15 is 0 Å². The number of halogens is 5. The summed E-state index contributed by atoms with van der Waals surface area (Å²) in [6, 6.07) is 6.58. The van der Waals surface area contributed by atoms with Gasteiger partial charge >= 0.3 is 5.84 Å². The van der Waals surface area contributed by atoms with E-state index in [0.717, 1.165) is 11.1 Å². The second kappa shape index (κ2) is 6.22. The van der Waals surface area contributed by atoms with Gasteiger partial charge in [-0.2, -0.15) is 0 Å². The Bertz CT molecular complexity index is 763. The first-order valence-electron chi connectivity index (χ1n) is 5.90. The zero-order valence-electron chi connectivity index (χ0n) is 10.6. The summed E-state index contributed by atoms with van der Waals surface area (Å²) in [6.07, 6.45) is 0.414. The Hall–Kier alpha value is 0.140. The standard InChI is InChI=1S/C13H6Cl5O2PS/c14-8-2-6-1-7-3-9(15)5-11(17)13(7)20-21(18,22)19-12(6)10(16)4-8/h2-5H,1H2. The molecule has 0 aliphatic carbocycles. The van der Waals surface area contributed by atoms with Gasteiger partial charge in [-0.1, -0.05) is 46.4 Å². The van der Waals surface area contributed by atoms with Crippen molar-refractivity contribution in [3.05, 3.63) is 55.5 Å². The van der Waals surface area contributed by atoms with Crippen molar-refractivity contribution in [2.75, 3.05) is 0 Å². The Morgan fingerprint density at radius 2 is 1.23 bits per heavy atom. The fraction of sp³-hybridized carbons (Fsp3) is 0.0769. The molecule has 2 aromatic rings. The fourth-order valence-corrected chi connectivity index (χ4v) is 5.16. The van der Waals surface area contributed by atoms with E-state index in [4.69, 9.17) is 78.5 Å². The molecule has 0 fully saturated rings. The first-order chi connectivity index (χ1) is 10.2. The van der Waals surface area contributed by atoms with Gasteiger partial charge in [-0.3, -0.25) is 0 Å². The van der Waals surface area contributed by atoms with E-state index < -0.39 is 5.84 Å². The Kier molecular flexibility index (Phi) is 4.80. The molecule has 0 spiro atoms. The van der Waals surface area contributed by atoms with Crippen molar-refractivity contribution >= 4 is 75.3 Å². The van der Waals surface area contributed by atoms with Crippen molar-refractivity contribution in [2.24, 2.45) is 0 Å². The highest BCUT2D eigenvalue weighted by molar-refractivity contribution is 8.22. The van der Waals surface area contributed by atoms with Crippen molar-refractivity contribution in [3.63, 3.8) is 0 Å². The third-order valence-electron chi connectivity index (χ3n) is 2.95. The van der Waals surface area contributed by atoms with E-state index in [1.165, 1.54) is 0 Å². The van der Waals surface area contributed by atoms with Gasteiger partial charge in [-0.15, -0.1) is 0 Å². The van der Waals surface area contributed by atoms with Gasteiger partial charge in [0.2, 0.25) is 0 Å². The second-order valence-corrected chi connectivity index (χ2v) is 10.8. The smallest absolute Gasteiger partial charge is 0.384 e. The molecule has 0 saturated carbocycles. The molecule has 1 aliphatic heterocycles. The number of fused-ring (bicyclic) bond motifs is 2. The van der Waals surface area contributed by atoms with Crippen LogP contribution in [0.2, 0.25) is 20.1 Å². The SMILES string of the molecule is S=P1(Cl)Oc2c(Cl)cc(Cl)cc2Cc2cc(Cl)cc(Cl)c2O1. The molecule has 9 heteroatoms. The topological polar surface area (TPSA) is 18.5 Å². The van der Waals surface area contributed by atoms with Gasteiger partial charge in [0, 0.05) is 39.4 Å². The number of hydrogen-bond acceptors (Lipinski definition) is 3. The Labute approximate surface area is 157 Å². The van der Waals surface area contributed by atoms with Gasteiger partial charge in [0.15, 0.2) is 11.5 Å². The molecule has 0 radical (unpaired) electrons. The van der Waals surface area contributed by atoms with Gasteiger partial charge in [-0.25, -0.2) is 0 Å². The molecule has 1 aliphatic rings. The van der Waals surface area contributed by atoms with E-state index in [9.17, 15) is 0 Å². The molecule has 2 aromatic carbocycles. The van der Waals surface area contributed by atoms with E-state index in [2.05, 4.69) is 0 Å². The normalized spacial score (nSPS) is 15.7. The molecule has 0 unspecified atom stereocenters. The summed E-state index contributed by atoms with van der Waals surface area (Å²) in [7, 11) is 0. The summed E-state index contributed by atoms with van der Waals surface area (Å²) in [5.41, 5.74) is 1.46. The molecule has 116 valence electrons. The predicted molar refractivity (Wildman–Crippen MR) is 97.1 cm³/mol. The summed E-state index contributed by atoms with van der Waals surface area (Å²) in [5.74, 6) is -2.42. The highest BCUT2D eigenvalue weighted by atomic mass is 35.7. The van der Waals surface area contributed by atoms with Crippen LogP contribution in [0.3, 0.4) is 0 Å². The highest BCUT2D eigenvalue weighted by Crippen LogP contribution is 2.59. The van der Waals surface area contributed by atoms with Crippen molar-refractivity contribution in [1.29, 1.82) is 0 Å². The van der Waals surface area contributed by atoms with Crippen LogP contribution in [0.15, 0.2) is 24.3 Å². The molecule has 22 heavy (non-hydrogen) atoms. The predicted octanol–water partition coefficient (Wildman–Crippen LogP) is 7.13. The van der Waals surface area contributed by atoms with Gasteiger partial charge in [-0.05, 0) is 35.5 Å². The van der Waals surface area contributed by atoms with Crippen LogP contribution >= 0.6 is 63.5 Å². The van der Waals surface area contributed by atoms with Crippen molar-refractivity contribution < 1.29 is 9.05 Å². The first kappa shape index (κ1) is 17.0. The zero-order valence-corrected chi connectivity index (χ0v) is 16.1. The molecule has 3 rings (SSSR count). The molecule has 0 saturated heterocycles. The van der Waals surface area contributed by atoms with Crippen LogP contribution in [-0.2, 0) is 18.2 Å². The number of hydrogen-bond donors (Lipinski definition) is 0. The molecule has 0 atom stereocenters. The Morgan fingerprint density at radius 1 is 0.818 bits per heavy atom. The van der Waals surface area contributed by atoms with Gasteiger partial charge in [0.05, 0.1) is 10.0 Å². The minimum atomic E-state index is -3.16. The molecular formula is C13H6Cl5O2PS. The zero-order chi connectivity index (χ0) is 16.1. The minimum absolute atomic E-state index is 0.317. The summed E-state index contributed by atoms with van der Waals surface area (Å²) in [5, 5.41) is 1.59. The van der Waals surface area contributed by atoms with Gasteiger partial charge < -0.3 is 9.05 Å². The second-order valence-electron chi connectivity index (χ2n) is 4.54. The van der Waals surface area contributed by atoms with E-state index in [1.807, 2.05) is 0 Å². The molecule has 0 N–H and O–H groups in total. The number of benzene rings is 2. The van der Waals surface area contributed by atoms with Gasteiger partial charge in [0.25, 0.3) is 0 Å². The summed E-state index contributed by atoms with van der Waals surface area (Å²) in [4.78, 5) is 0. The van der Waals surface area contributed by atoms with Crippen LogP contribution in [0.25, 0.3) is 0 Å². The lowest BCUT2D eigenvalue weighted by Crippen LogP contribution is -2.06. The van der Waals surface area contributed by atoms with E-state index in [1.54, 1.807) is 24.3 Å². The molecule has 0 aromatic heterocycles. The maximum absolute atomic E-state index is 6.23. The van der Waals surface area contributed by atoms with E-state index in [0.29, 0.717) is 38.0 Å².